The molecule has 0 radical (unpaired) electrons. The Labute approximate surface area is 104 Å². The van der Waals surface area contributed by atoms with E-state index >= 15 is 0 Å². The summed E-state index contributed by atoms with van der Waals surface area (Å²) >= 11 is 0. The molecule has 0 spiro atoms. The SMILES string of the molecule is CCC1CC(C(=O)O)C(C(=O)Nc2ccon2)C1. The Balaban J connectivity index is 2.05. The fourth-order valence-corrected chi connectivity index (χ4v) is 2.53. The van der Waals surface area contributed by atoms with Crippen LogP contribution in [0.25, 0.3) is 0 Å². The van der Waals surface area contributed by atoms with Gasteiger partial charge in [-0.25, -0.2) is 0 Å². The monoisotopic (exact) mass is 252 g/mol. The number of nitrogens with zero attached hydrogens (tertiary/aromatic N) is 1. The molecule has 6 heteroatoms. The van der Waals surface area contributed by atoms with Crippen molar-refractivity contribution in [3.8, 4) is 0 Å². The zero-order valence-electron chi connectivity index (χ0n) is 10.1. The van der Waals surface area contributed by atoms with Crippen LogP contribution in [0.5, 0.6) is 0 Å². The number of anilines is 1. The fourth-order valence-electron chi connectivity index (χ4n) is 2.53. The Morgan fingerprint density at radius 3 is 2.78 bits per heavy atom. The van der Waals surface area contributed by atoms with Crippen molar-refractivity contribution in [1.29, 1.82) is 0 Å². The number of carboxylic acids is 1. The summed E-state index contributed by atoms with van der Waals surface area (Å²) in [5, 5.41) is 15.3. The third-order valence-corrected chi connectivity index (χ3v) is 3.58. The van der Waals surface area contributed by atoms with Gasteiger partial charge in [-0.15, -0.1) is 0 Å². The van der Waals surface area contributed by atoms with E-state index in [2.05, 4.69) is 15.0 Å². The molecule has 1 aromatic rings. The normalized spacial score (nSPS) is 27.1. The number of aromatic nitrogens is 1. The topological polar surface area (TPSA) is 92.4 Å². The van der Waals surface area contributed by atoms with E-state index in [9.17, 15) is 9.59 Å². The van der Waals surface area contributed by atoms with Crippen molar-refractivity contribution >= 4 is 17.7 Å². The highest BCUT2D eigenvalue weighted by Gasteiger charge is 2.42. The second-order valence-corrected chi connectivity index (χ2v) is 4.67. The van der Waals surface area contributed by atoms with Gasteiger partial charge in [-0.05, 0) is 18.8 Å². The summed E-state index contributed by atoms with van der Waals surface area (Å²) in [6.45, 7) is 2.02. The molecule has 2 rings (SSSR count). The minimum Gasteiger partial charge on any atom is -0.481 e. The van der Waals surface area contributed by atoms with Gasteiger partial charge in [0.1, 0.15) is 6.26 Å². The van der Waals surface area contributed by atoms with E-state index < -0.39 is 17.8 Å². The molecule has 18 heavy (non-hydrogen) atoms. The van der Waals surface area contributed by atoms with E-state index in [1.54, 1.807) is 0 Å². The molecule has 1 aromatic heterocycles. The first kappa shape index (κ1) is 12.6. The molecule has 98 valence electrons. The van der Waals surface area contributed by atoms with Gasteiger partial charge in [0.25, 0.3) is 0 Å². The molecule has 6 nitrogen and oxygen atoms in total. The molecule has 1 heterocycles. The molecule has 0 aromatic carbocycles. The second kappa shape index (κ2) is 5.20. The highest BCUT2D eigenvalue weighted by Crippen LogP contribution is 2.38. The molecular weight excluding hydrogens is 236 g/mol. The third-order valence-electron chi connectivity index (χ3n) is 3.58. The number of rotatable bonds is 4. The van der Waals surface area contributed by atoms with Crippen LogP contribution in [0, 0.1) is 17.8 Å². The van der Waals surface area contributed by atoms with E-state index in [1.165, 1.54) is 12.3 Å². The van der Waals surface area contributed by atoms with E-state index in [4.69, 9.17) is 5.11 Å². The number of amides is 1. The van der Waals surface area contributed by atoms with Crippen LogP contribution in [0.3, 0.4) is 0 Å². The van der Waals surface area contributed by atoms with Crippen LogP contribution in [-0.2, 0) is 9.59 Å². The van der Waals surface area contributed by atoms with Gasteiger partial charge in [-0.3, -0.25) is 9.59 Å². The molecule has 2 N–H and O–H groups in total. The van der Waals surface area contributed by atoms with Crippen molar-refractivity contribution < 1.29 is 19.2 Å². The summed E-state index contributed by atoms with van der Waals surface area (Å²) in [5.74, 6) is -1.63. The van der Waals surface area contributed by atoms with Gasteiger partial charge < -0.3 is 14.9 Å². The van der Waals surface area contributed by atoms with Crippen molar-refractivity contribution in [3.05, 3.63) is 12.3 Å². The Morgan fingerprint density at radius 1 is 1.50 bits per heavy atom. The molecular formula is C12H16N2O4. The van der Waals surface area contributed by atoms with Crippen molar-refractivity contribution in [2.24, 2.45) is 17.8 Å². The Hall–Kier alpha value is -1.85. The molecule has 1 aliphatic rings. The molecule has 3 unspecified atom stereocenters. The lowest BCUT2D eigenvalue weighted by Gasteiger charge is -2.13. The van der Waals surface area contributed by atoms with E-state index in [1.807, 2.05) is 6.92 Å². The second-order valence-electron chi connectivity index (χ2n) is 4.67. The van der Waals surface area contributed by atoms with Crippen LogP contribution in [0.2, 0.25) is 0 Å². The van der Waals surface area contributed by atoms with Gasteiger partial charge in [0, 0.05) is 6.07 Å². The average molecular weight is 252 g/mol. The zero-order valence-corrected chi connectivity index (χ0v) is 10.1. The van der Waals surface area contributed by atoms with Crippen LogP contribution < -0.4 is 5.32 Å². The molecule has 1 amide bonds. The number of carboxylic acid groups (broad SMARTS) is 1. The molecule has 1 aliphatic carbocycles. The summed E-state index contributed by atoms with van der Waals surface area (Å²) in [5.41, 5.74) is 0. The lowest BCUT2D eigenvalue weighted by Crippen LogP contribution is -2.30. The smallest absolute Gasteiger partial charge is 0.307 e. The standard InChI is InChI=1S/C12H16N2O4/c1-2-7-5-8(9(6-7)12(16)17)11(15)13-10-3-4-18-14-10/h3-4,7-9H,2,5-6H2,1H3,(H,16,17)(H,13,14,15). The highest BCUT2D eigenvalue weighted by molar-refractivity contribution is 5.94. The van der Waals surface area contributed by atoms with Crippen LogP contribution in [0.15, 0.2) is 16.9 Å². The maximum Gasteiger partial charge on any atom is 0.307 e. The summed E-state index contributed by atoms with van der Waals surface area (Å²) in [6.07, 6.45) is 3.45. The molecule has 0 saturated heterocycles. The zero-order chi connectivity index (χ0) is 13.1. The van der Waals surface area contributed by atoms with Gasteiger partial charge in [-0.1, -0.05) is 18.5 Å². The number of aliphatic carboxylic acids is 1. The summed E-state index contributed by atoms with van der Waals surface area (Å²) in [4.78, 5) is 23.2. The predicted molar refractivity (Wildman–Crippen MR) is 62.8 cm³/mol. The number of carbonyl (C=O) groups is 2. The summed E-state index contributed by atoms with van der Waals surface area (Å²) in [6, 6.07) is 1.53. The highest BCUT2D eigenvalue weighted by atomic mass is 16.5. The molecule has 3 atom stereocenters. The van der Waals surface area contributed by atoms with Crippen LogP contribution >= 0.6 is 0 Å². The maximum absolute atomic E-state index is 12.0. The molecule has 1 fully saturated rings. The largest absolute Gasteiger partial charge is 0.481 e. The van der Waals surface area contributed by atoms with Gasteiger partial charge >= 0.3 is 5.97 Å². The van der Waals surface area contributed by atoms with Crippen LogP contribution in [-0.4, -0.2) is 22.1 Å². The Morgan fingerprint density at radius 2 is 2.22 bits per heavy atom. The van der Waals surface area contributed by atoms with Crippen molar-refractivity contribution in [1.82, 2.24) is 5.16 Å². The first-order valence-electron chi connectivity index (χ1n) is 6.05. The predicted octanol–water partition coefficient (Wildman–Crippen LogP) is 1.75. The van der Waals surface area contributed by atoms with Crippen molar-refractivity contribution in [2.45, 2.75) is 26.2 Å². The molecule has 1 saturated carbocycles. The van der Waals surface area contributed by atoms with Crippen LogP contribution in [0.1, 0.15) is 26.2 Å². The average Bonchev–Trinajstić information content (AvgIpc) is 2.96. The quantitative estimate of drug-likeness (QED) is 0.851. The number of hydrogen-bond donors (Lipinski definition) is 2. The van der Waals surface area contributed by atoms with Crippen molar-refractivity contribution in [3.63, 3.8) is 0 Å². The van der Waals surface area contributed by atoms with Gasteiger partial charge in [0.15, 0.2) is 5.82 Å². The Bertz CT molecular complexity index is 429. The lowest BCUT2D eigenvalue weighted by molar-refractivity contribution is -0.145. The van der Waals surface area contributed by atoms with Gasteiger partial charge in [0.2, 0.25) is 5.91 Å². The van der Waals surface area contributed by atoms with E-state index in [0.717, 1.165) is 6.42 Å². The number of hydrogen-bond acceptors (Lipinski definition) is 4. The summed E-state index contributed by atoms with van der Waals surface area (Å²) < 4.78 is 4.61. The Kier molecular flexibility index (Phi) is 3.64. The minimum absolute atomic E-state index is 0.285. The molecule has 0 aliphatic heterocycles. The third kappa shape index (κ3) is 2.52. The number of carbonyl (C=O) groups excluding carboxylic acids is 1. The fraction of sp³-hybridized carbons (Fsp3) is 0.583. The van der Waals surface area contributed by atoms with E-state index in [0.29, 0.717) is 24.6 Å². The van der Waals surface area contributed by atoms with Crippen molar-refractivity contribution in [2.75, 3.05) is 5.32 Å². The van der Waals surface area contributed by atoms with Crippen LogP contribution in [0.4, 0.5) is 5.82 Å². The first-order chi connectivity index (χ1) is 8.61. The molecule has 0 bridgehead atoms. The summed E-state index contributed by atoms with van der Waals surface area (Å²) in [7, 11) is 0. The van der Waals surface area contributed by atoms with E-state index in [-0.39, 0.29) is 5.91 Å². The first-order valence-corrected chi connectivity index (χ1v) is 6.05. The van der Waals surface area contributed by atoms with Gasteiger partial charge in [-0.2, -0.15) is 0 Å². The lowest BCUT2D eigenvalue weighted by atomic mass is 9.95. The van der Waals surface area contributed by atoms with Gasteiger partial charge in [0.05, 0.1) is 11.8 Å². The maximum atomic E-state index is 12.0. The minimum atomic E-state index is -0.897. The number of nitrogens with one attached hydrogen (secondary N) is 1.